The number of halogens is 2. The molecule has 50 heavy (non-hydrogen) atoms. The Bertz CT molecular complexity index is 2280. The molecular weight excluding hydrogens is 659 g/mol. The van der Waals surface area contributed by atoms with Gasteiger partial charge in [-0.2, -0.15) is 0 Å². The molecule has 0 radical (unpaired) electrons. The van der Waals surface area contributed by atoms with Gasteiger partial charge in [-0.25, -0.2) is 29.9 Å². The monoisotopic (exact) mass is 684 g/mol. The molecule has 8 rings (SSSR count). The Balaban J connectivity index is 1.36. The van der Waals surface area contributed by atoms with Crippen molar-refractivity contribution < 1.29 is 0 Å². The minimum atomic E-state index is 0.143. The van der Waals surface area contributed by atoms with Crippen molar-refractivity contribution in [1.29, 1.82) is 0 Å². The molecule has 0 bridgehead atoms. The molecule has 0 N–H and O–H groups in total. The minimum absolute atomic E-state index is 0.143. The fourth-order valence-corrected chi connectivity index (χ4v) is 6.15. The first-order chi connectivity index (χ1) is 24.6. The number of hydrogen-bond donors (Lipinski definition) is 0. The molecule has 5 aromatic carbocycles. The summed E-state index contributed by atoms with van der Waals surface area (Å²) in [5.41, 5.74) is 10.4. The molecule has 6 nitrogen and oxygen atoms in total. The summed E-state index contributed by atoms with van der Waals surface area (Å²) in [7, 11) is 0. The smallest absolute Gasteiger partial charge is 0.223 e. The van der Waals surface area contributed by atoms with E-state index in [1.54, 1.807) is 0 Å². The predicted octanol–water partition coefficient (Wildman–Crippen LogP) is 11.0. The summed E-state index contributed by atoms with van der Waals surface area (Å²) in [6, 6.07) is 51.9. The second kappa shape index (κ2) is 13.8. The molecule has 0 saturated carbocycles. The first-order valence-electron chi connectivity index (χ1n) is 15.9. The molecule has 8 heteroatoms. The average molecular weight is 686 g/mol. The van der Waals surface area contributed by atoms with Gasteiger partial charge in [0, 0.05) is 38.9 Å². The van der Waals surface area contributed by atoms with E-state index in [4.69, 9.17) is 33.2 Å². The van der Waals surface area contributed by atoms with Gasteiger partial charge in [-0.3, -0.25) is 0 Å². The van der Waals surface area contributed by atoms with E-state index < -0.39 is 0 Å². The summed E-state index contributed by atoms with van der Waals surface area (Å²) >= 11 is 13.1. The van der Waals surface area contributed by atoms with E-state index in [9.17, 15) is 0 Å². The second-order valence-corrected chi connectivity index (χ2v) is 12.2. The first kappa shape index (κ1) is 31.2. The molecule has 3 heterocycles. The van der Waals surface area contributed by atoms with Crippen LogP contribution in [-0.2, 0) is 0 Å². The van der Waals surface area contributed by atoms with E-state index in [0.717, 1.165) is 50.3 Å². The van der Waals surface area contributed by atoms with Crippen LogP contribution < -0.4 is 0 Å². The van der Waals surface area contributed by atoms with Gasteiger partial charge >= 0.3 is 0 Å². The number of rotatable bonds is 7. The number of benzene rings is 5. The van der Waals surface area contributed by atoms with Crippen LogP contribution in [0.15, 0.2) is 158 Å². The van der Waals surface area contributed by atoms with Gasteiger partial charge in [-0.15, -0.1) is 0 Å². The SMILES string of the molecule is Clc1nc(-c2ccccc2)cc(-c2cc(-c3cc(-c4ccccc4)nc(Cl)n3)cc(-c3cc(-c4ccccc4)nc(-c4ccccc4)n3)c2)n1. The normalized spacial score (nSPS) is 11.0. The third-order valence-corrected chi connectivity index (χ3v) is 8.52. The lowest BCUT2D eigenvalue weighted by Gasteiger charge is -2.14. The maximum absolute atomic E-state index is 6.57. The maximum Gasteiger partial charge on any atom is 0.223 e. The second-order valence-electron chi connectivity index (χ2n) is 11.5. The Morgan fingerprint density at radius 3 is 0.860 bits per heavy atom. The molecule has 0 unspecified atom stereocenters. The lowest BCUT2D eigenvalue weighted by molar-refractivity contribution is 1.17. The minimum Gasteiger partial charge on any atom is -0.228 e. The first-order valence-corrected chi connectivity index (χ1v) is 16.7. The summed E-state index contributed by atoms with van der Waals surface area (Å²) < 4.78 is 0. The van der Waals surface area contributed by atoms with Crippen molar-refractivity contribution in [2.24, 2.45) is 0 Å². The Morgan fingerprint density at radius 2 is 0.520 bits per heavy atom. The summed E-state index contributed by atoms with van der Waals surface area (Å²) in [4.78, 5) is 28.5. The lowest BCUT2D eigenvalue weighted by Crippen LogP contribution is -1.98. The number of hydrogen-bond acceptors (Lipinski definition) is 6. The summed E-state index contributed by atoms with van der Waals surface area (Å²) in [5, 5.41) is 0.286. The summed E-state index contributed by atoms with van der Waals surface area (Å²) in [6.07, 6.45) is 0. The molecule has 3 aromatic heterocycles. The molecule has 0 amide bonds. The third-order valence-electron chi connectivity index (χ3n) is 8.18. The predicted molar refractivity (Wildman–Crippen MR) is 201 cm³/mol. The van der Waals surface area contributed by atoms with E-state index in [1.165, 1.54) is 0 Å². The molecule has 0 saturated heterocycles. The lowest BCUT2D eigenvalue weighted by atomic mass is 9.97. The highest BCUT2D eigenvalue weighted by Crippen LogP contribution is 2.36. The van der Waals surface area contributed by atoms with Crippen LogP contribution in [0.1, 0.15) is 0 Å². The molecule has 238 valence electrons. The highest BCUT2D eigenvalue weighted by molar-refractivity contribution is 6.28. The molecule has 8 aromatic rings. The Morgan fingerprint density at radius 1 is 0.260 bits per heavy atom. The van der Waals surface area contributed by atoms with Crippen LogP contribution in [0.2, 0.25) is 10.6 Å². The van der Waals surface area contributed by atoms with Crippen molar-refractivity contribution in [3.63, 3.8) is 0 Å². The van der Waals surface area contributed by atoms with Crippen LogP contribution in [0.3, 0.4) is 0 Å². The van der Waals surface area contributed by atoms with Crippen molar-refractivity contribution in [2.75, 3.05) is 0 Å². The Hall–Kier alpha value is -6.08. The van der Waals surface area contributed by atoms with Gasteiger partial charge in [-0.1, -0.05) is 121 Å². The van der Waals surface area contributed by atoms with Gasteiger partial charge < -0.3 is 0 Å². The van der Waals surface area contributed by atoms with E-state index >= 15 is 0 Å². The summed E-state index contributed by atoms with van der Waals surface area (Å²) in [5.74, 6) is 0.613. The number of aromatic nitrogens is 6. The highest BCUT2D eigenvalue weighted by atomic mass is 35.5. The van der Waals surface area contributed by atoms with Crippen LogP contribution in [0.4, 0.5) is 0 Å². The Kier molecular flexibility index (Phi) is 8.61. The zero-order valence-corrected chi connectivity index (χ0v) is 28.0. The molecule has 0 fully saturated rings. The van der Waals surface area contributed by atoms with Crippen LogP contribution in [-0.4, -0.2) is 29.9 Å². The van der Waals surface area contributed by atoms with Gasteiger partial charge in [0.05, 0.1) is 34.2 Å². The van der Waals surface area contributed by atoms with Crippen LogP contribution in [0, 0.1) is 0 Å². The quantitative estimate of drug-likeness (QED) is 0.155. The largest absolute Gasteiger partial charge is 0.228 e. The fourth-order valence-electron chi connectivity index (χ4n) is 5.78. The van der Waals surface area contributed by atoms with Gasteiger partial charge in [-0.05, 0) is 59.6 Å². The topological polar surface area (TPSA) is 77.3 Å². The van der Waals surface area contributed by atoms with Crippen LogP contribution in [0.25, 0.3) is 78.9 Å². The molecular formula is C42H26Cl2N6. The van der Waals surface area contributed by atoms with E-state index in [1.807, 2.05) is 146 Å². The van der Waals surface area contributed by atoms with E-state index in [2.05, 4.69) is 32.1 Å². The molecule has 0 atom stereocenters. The van der Waals surface area contributed by atoms with Crippen LogP contribution >= 0.6 is 23.2 Å². The van der Waals surface area contributed by atoms with Crippen molar-refractivity contribution in [3.8, 4) is 78.9 Å². The molecule has 0 aliphatic carbocycles. The zero-order chi connectivity index (χ0) is 33.9. The van der Waals surface area contributed by atoms with E-state index in [0.29, 0.717) is 28.6 Å². The summed E-state index contributed by atoms with van der Waals surface area (Å²) in [6.45, 7) is 0. The zero-order valence-electron chi connectivity index (χ0n) is 26.5. The van der Waals surface area contributed by atoms with E-state index in [-0.39, 0.29) is 10.6 Å². The van der Waals surface area contributed by atoms with Crippen molar-refractivity contribution in [1.82, 2.24) is 29.9 Å². The van der Waals surface area contributed by atoms with Crippen molar-refractivity contribution in [2.45, 2.75) is 0 Å². The average Bonchev–Trinajstić information content (AvgIpc) is 3.18. The molecule has 0 spiro atoms. The standard InChI is InChI=1S/C42H26Cl2N6/c43-41-47-35(28-15-7-2-8-16-28)25-38(49-41)32-21-31(22-33(23-32)39-26-36(48-42(44)50-39)29-17-9-3-10-18-29)37-24-34(27-13-5-1-6-14-27)45-40(46-37)30-19-11-4-12-20-30/h1-26H. The third kappa shape index (κ3) is 6.76. The highest BCUT2D eigenvalue weighted by Gasteiger charge is 2.17. The van der Waals surface area contributed by atoms with Gasteiger partial charge in [0.1, 0.15) is 0 Å². The van der Waals surface area contributed by atoms with Crippen molar-refractivity contribution in [3.05, 3.63) is 168 Å². The number of nitrogens with zero attached hydrogens (tertiary/aromatic N) is 6. The van der Waals surface area contributed by atoms with Crippen molar-refractivity contribution >= 4 is 23.2 Å². The Labute approximate surface area is 299 Å². The van der Waals surface area contributed by atoms with Crippen LogP contribution in [0.5, 0.6) is 0 Å². The molecule has 0 aliphatic heterocycles. The van der Waals surface area contributed by atoms with Gasteiger partial charge in [0.25, 0.3) is 0 Å². The molecule has 0 aliphatic rings. The van der Waals surface area contributed by atoms with Gasteiger partial charge in [0.2, 0.25) is 10.6 Å². The maximum atomic E-state index is 6.57. The van der Waals surface area contributed by atoms with Gasteiger partial charge in [0.15, 0.2) is 5.82 Å². The fraction of sp³-hybridized carbons (Fsp3) is 0.